The zero-order valence-corrected chi connectivity index (χ0v) is 17.1. The second-order valence-corrected chi connectivity index (χ2v) is 9.38. The molecule has 0 aliphatic heterocycles. The predicted octanol–water partition coefficient (Wildman–Crippen LogP) is 3.00. The number of benzene rings is 1. The van der Waals surface area contributed by atoms with Gasteiger partial charge in [0.05, 0.1) is 6.20 Å². The molecule has 0 aliphatic carbocycles. The number of primary sulfonamides is 1. The van der Waals surface area contributed by atoms with Gasteiger partial charge in [-0.1, -0.05) is 11.6 Å². The number of aromatic nitrogens is 1. The molecule has 0 spiro atoms. The van der Waals surface area contributed by atoms with Gasteiger partial charge in [-0.25, -0.2) is 18.5 Å². The van der Waals surface area contributed by atoms with Crippen LogP contribution >= 0.6 is 22.9 Å². The first-order valence-electron chi connectivity index (χ1n) is 8.40. The average Bonchev–Trinajstić information content (AvgIpc) is 3.30. The highest BCUT2D eigenvalue weighted by atomic mass is 35.5. The fraction of sp³-hybridized carbons (Fsp3) is 0.222. The third kappa shape index (κ3) is 5.65. The number of amides is 1. The standard InChI is InChI=1S/C18H18ClN3O4S2/c19-13-3-1-12(2-4-13)15-11-22-17(26-15)7-6-16(23)21-10-9-14-5-8-18(27-14)28(20,24)25/h1-5,8,11H,6-7,9-10H2,(H,21,23)(H2,20,24,25). The maximum atomic E-state index is 12.0. The van der Waals surface area contributed by atoms with E-state index in [0.717, 1.165) is 21.8 Å². The minimum atomic E-state index is -3.68. The Bertz CT molecular complexity index is 1060. The molecule has 0 saturated carbocycles. The third-order valence-electron chi connectivity index (χ3n) is 3.86. The number of carbonyl (C=O) groups is 1. The number of oxazole rings is 1. The molecule has 1 amide bonds. The summed E-state index contributed by atoms with van der Waals surface area (Å²) in [5.41, 5.74) is 0.863. The van der Waals surface area contributed by atoms with Crippen molar-refractivity contribution in [3.05, 3.63) is 58.4 Å². The van der Waals surface area contributed by atoms with Crippen LogP contribution in [-0.2, 0) is 27.7 Å². The number of nitrogens with two attached hydrogens (primary N) is 1. The van der Waals surface area contributed by atoms with Crippen molar-refractivity contribution < 1.29 is 17.6 Å². The quantitative estimate of drug-likeness (QED) is 0.559. The summed E-state index contributed by atoms with van der Waals surface area (Å²) in [5, 5.41) is 8.52. The number of rotatable bonds is 8. The molecule has 148 valence electrons. The van der Waals surface area contributed by atoms with Crippen molar-refractivity contribution in [1.82, 2.24) is 10.3 Å². The molecule has 10 heteroatoms. The number of nitrogens with one attached hydrogen (secondary N) is 1. The summed E-state index contributed by atoms with van der Waals surface area (Å²) in [5.74, 6) is 0.973. The summed E-state index contributed by atoms with van der Waals surface area (Å²) in [6.45, 7) is 0.408. The summed E-state index contributed by atoms with van der Waals surface area (Å²) >= 11 is 6.97. The Labute approximate surface area is 171 Å². The van der Waals surface area contributed by atoms with E-state index in [9.17, 15) is 13.2 Å². The molecule has 1 aromatic carbocycles. The lowest BCUT2D eigenvalue weighted by Gasteiger charge is -2.03. The molecule has 3 rings (SSSR count). The van der Waals surface area contributed by atoms with Crippen LogP contribution < -0.4 is 10.5 Å². The van der Waals surface area contributed by atoms with Crippen molar-refractivity contribution in [2.45, 2.75) is 23.5 Å². The molecule has 0 atom stereocenters. The van der Waals surface area contributed by atoms with Crippen molar-refractivity contribution in [3.63, 3.8) is 0 Å². The molecule has 0 aliphatic rings. The minimum absolute atomic E-state index is 0.120. The van der Waals surface area contributed by atoms with Gasteiger partial charge in [0, 0.05) is 34.8 Å². The molecule has 7 nitrogen and oxygen atoms in total. The van der Waals surface area contributed by atoms with Gasteiger partial charge in [-0.3, -0.25) is 4.79 Å². The fourth-order valence-electron chi connectivity index (χ4n) is 2.45. The first kappa shape index (κ1) is 20.5. The van der Waals surface area contributed by atoms with E-state index in [0.29, 0.717) is 36.1 Å². The van der Waals surface area contributed by atoms with Gasteiger partial charge in [-0.2, -0.15) is 0 Å². The Balaban J connectivity index is 1.43. The maximum absolute atomic E-state index is 12.0. The molecule has 0 radical (unpaired) electrons. The van der Waals surface area contributed by atoms with Crippen LogP contribution in [0.2, 0.25) is 5.02 Å². The van der Waals surface area contributed by atoms with Crippen molar-refractivity contribution in [1.29, 1.82) is 0 Å². The molecule has 3 N–H and O–H groups in total. The highest BCUT2D eigenvalue weighted by molar-refractivity contribution is 7.91. The molecule has 2 aromatic heterocycles. The number of nitrogens with zero attached hydrogens (tertiary/aromatic N) is 1. The monoisotopic (exact) mass is 439 g/mol. The second kappa shape index (κ2) is 8.87. The highest BCUT2D eigenvalue weighted by Gasteiger charge is 2.12. The van der Waals surface area contributed by atoms with Crippen LogP contribution in [0.4, 0.5) is 0 Å². The fourth-order valence-corrected chi connectivity index (χ4v) is 4.36. The molecule has 28 heavy (non-hydrogen) atoms. The topological polar surface area (TPSA) is 115 Å². The SMILES string of the molecule is NS(=O)(=O)c1ccc(CCNC(=O)CCc2ncc(-c3ccc(Cl)cc3)o2)s1. The molecule has 2 heterocycles. The van der Waals surface area contributed by atoms with Crippen LogP contribution in [0.15, 0.2) is 51.2 Å². The maximum Gasteiger partial charge on any atom is 0.247 e. The Morgan fingerprint density at radius 3 is 2.61 bits per heavy atom. The number of aryl methyl sites for hydroxylation is 1. The predicted molar refractivity (Wildman–Crippen MR) is 108 cm³/mol. The summed E-state index contributed by atoms with van der Waals surface area (Å²) in [6, 6.07) is 10.4. The number of hydrogen-bond acceptors (Lipinski definition) is 6. The Kier molecular flexibility index (Phi) is 6.50. The van der Waals surface area contributed by atoms with E-state index >= 15 is 0 Å². The lowest BCUT2D eigenvalue weighted by atomic mass is 10.2. The molecule has 3 aromatic rings. The van der Waals surface area contributed by atoms with Crippen LogP contribution in [0.5, 0.6) is 0 Å². The minimum Gasteiger partial charge on any atom is -0.441 e. The Hall–Kier alpha value is -2.20. The van der Waals surface area contributed by atoms with Gasteiger partial charge in [0.15, 0.2) is 11.7 Å². The van der Waals surface area contributed by atoms with Gasteiger partial charge in [-0.05, 0) is 42.8 Å². The zero-order chi connectivity index (χ0) is 20.1. The summed E-state index contributed by atoms with van der Waals surface area (Å²) in [6.07, 6.45) is 2.78. The van der Waals surface area contributed by atoms with Crippen molar-refractivity contribution in [3.8, 4) is 11.3 Å². The van der Waals surface area contributed by atoms with Crippen LogP contribution in [0, 0.1) is 0 Å². The van der Waals surface area contributed by atoms with E-state index < -0.39 is 10.0 Å². The van der Waals surface area contributed by atoms with E-state index in [2.05, 4.69) is 10.3 Å². The van der Waals surface area contributed by atoms with Gasteiger partial charge in [0.2, 0.25) is 15.9 Å². The first-order valence-corrected chi connectivity index (χ1v) is 11.1. The van der Waals surface area contributed by atoms with Crippen LogP contribution in [0.1, 0.15) is 17.2 Å². The van der Waals surface area contributed by atoms with E-state index in [1.54, 1.807) is 24.4 Å². The van der Waals surface area contributed by atoms with Crippen LogP contribution in [-0.4, -0.2) is 25.9 Å². The van der Waals surface area contributed by atoms with E-state index in [1.165, 1.54) is 6.07 Å². The van der Waals surface area contributed by atoms with Crippen LogP contribution in [0.3, 0.4) is 0 Å². The van der Waals surface area contributed by atoms with E-state index in [-0.39, 0.29) is 16.5 Å². The molecule has 0 fully saturated rings. The summed E-state index contributed by atoms with van der Waals surface area (Å²) in [7, 11) is -3.68. The second-order valence-electron chi connectivity index (χ2n) is 5.99. The zero-order valence-electron chi connectivity index (χ0n) is 14.7. The summed E-state index contributed by atoms with van der Waals surface area (Å²) in [4.78, 5) is 17.0. The van der Waals surface area contributed by atoms with Crippen molar-refractivity contribution >= 4 is 38.9 Å². The van der Waals surface area contributed by atoms with Gasteiger partial charge >= 0.3 is 0 Å². The Morgan fingerprint density at radius 1 is 1.18 bits per heavy atom. The van der Waals surface area contributed by atoms with Crippen LogP contribution in [0.25, 0.3) is 11.3 Å². The van der Waals surface area contributed by atoms with Crippen molar-refractivity contribution in [2.75, 3.05) is 6.54 Å². The largest absolute Gasteiger partial charge is 0.441 e. The van der Waals surface area contributed by atoms with Crippen molar-refractivity contribution in [2.24, 2.45) is 5.14 Å². The normalized spacial score (nSPS) is 11.5. The first-order chi connectivity index (χ1) is 13.3. The van der Waals surface area contributed by atoms with Gasteiger partial charge < -0.3 is 9.73 Å². The molecule has 0 saturated heterocycles. The lowest BCUT2D eigenvalue weighted by molar-refractivity contribution is -0.121. The number of halogens is 1. The molecular weight excluding hydrogens is 422 g/mol. The smallest absolute Gasteiger partial charge is 0.247 e. The number of carbonyl (C=O) groups excluding carboxylic acids is 1. The molecular formula is C18H18ClN3O4S2. The third-order valence-corrected chi connectivity index (χ3v) is 6.69. The van der Waals surface area contributed by atoms with Gasteiger partial charge in [0.25, 0.3) is 0 Å². The average molecular weight is 440 g/mol. The highest BCUT2D eigenvalue weighted by Crippen LogP contribution is 2.23. The summed E-state index contributed by atoms with van der Waals surface area (Å²) < 4.78 is 28.3. The molecule has 0 bridgehead atoms. The van der Waals surface area contributed by atoms with E-state index in [4.69, 9.17) is 21.2 Å². The lowest BCUT2D eigenvalue weighted by Crippen LogP contribution is -2.25. The number of sulfonamides is 1. The van der Waals surface area contributed by atoms with E-state index in [1.807, 2.05) is 12.1 Å². The molecule has 0 unspecified atom stereocenters. The number of thiophene rings is 1. The van der Waals surface area contributed by atoms with Gasteiger partial charge in [-0.15, -0.1) is 11.3 Å². The van der Waals surface area contributed by atoms with Gasteiger partial charge in [0.1, 0.15) is 4.21 Å². The Morgan fingerprint density at radius 2 is 1.93 bits per heavy atom. The number of hydrogen-bond donors (Lipinski definition) is 2.